The SMILES string of the molecule is CC/C=C\C/C=C\C/C=C\C/C=C\C/C=C\CCCCCCCCCCCC(=O)OC(COC(=O)CCCCCCC/C=C\C/C=C\CCC)COP(=O)(O)OCCN. The number of unbranched alkanes of at least 4 members (excludes halogenated alkanes) is 15. The van der Waals surface area contributed by atoms with Crippen LogP contribution in [0.2, 0.25) is 0 Å². The quantitative estimate of drug-likeness (QED) is 0.0266. The van der Waals surface area contributed by atoms with Gasteiger partial charge in [0, 0.05) is 19.4 Å². The molecule has 0 aromatic heterocycles. The van der Waals surface area contributed by atoms with Gasteiger partial charge in [0.05, 0.1) is 13.2 Å². The van der Waals surface area contributed by atoms with Crippen molar-refractivity contribution in [1.29, 1.82) is 0 Å². The fourth-order valence-corrected chi connectivity index (χ4v) is 6.64. The van der Waals surface area contributed by atoms with E-state index in [-0.39, 0.29) is 32.6 Å². The minimum absolute atomic E-state index is 0.0461. The Morgan fingerprint density at radius 3 is 1.39 bits per heavy atom. The number of carbonyl (C=O) groups excluding carboxylic acids is 2. The van der Waals surface area contributed by atoms with Crippen LogP contribution in [0.5, 0.6) is 0 Å². The first-order chi connectivity index (χ1) is 28.8. The van der Waals surface area contributed by atoms with Crippen molar-refractivity contribution in [3.05, 3.63) is 85.1 Å². The molecule has 0 fully saturated rings. The molecular weight excluding hydrogens is 762 g/mol. The highest BCUT2D eigenvalue weighted by atomic mass is 31.2. The van der Waals surface area contributed by atoms with Crippen LogP contribution in [0.4, 0.5) is 0 Å². The smallest absolute Gasteiger partial charge is 0.462 e. The van der Waals surface area contributed by atoms with Gasteiger partial charge in [0.1, 0.15) is 6.61 Å². The monoisotopic (exact) mass is 846 g/mol. The number of allylic oxidation sites excluding steroid dienone is 14. The van der Waals surface area contributed by atoms with Crippen molar-refractivity contribution in [2.75, 3.05) is 26.4 Å². The number of phosphoric acid groups is 1. The summed E-state index contributed by atoms with van der Waals surface area (Å²) in [7, 11) is -4.39. The Balaban J connectivity index is 4.11. The van der Waals surface area contributed by atoms with Gasteiger partial charge in [-0.25, -0.2) is 4.57 Å². The van der Waals surface area contributed by atoms with Crippen LogP contribution in [-0.2, 0) is 32.7 Å². The molecule has 0 spiro atoms. The van der Waals surface area contributed by atoms with Crippen LogP contribution in [0.1, 0.15) is 181 Å². The van der Waals surface area contributed by atoms with Gasteiger partial charge in [0.2, 0.25) is 0 Å². The maximum Gasteiger partial charge on any atom is 0.472 e. The minimum atomic E-state index is -4.39. The molecule has 0 aromatic carbocycles. The van der Waals surface area contributed by atoms with Crippen LogP contribution in [0.25, 0.3) is 0 Å². The number of esters is 2. The lowest BCUT2D eigenvalue weighted by molar-refractivity contribution is -0.161. The summed E-state index contributed by atoms with van der Waals surface area (Å²) in [6.07, 6.45) is 56.1. The Bertz CT molecular complexity index is 1240. The van der Waals surface area contributed by atoms with Crippen molar-refractivity contribution in [3.63, 3.8) is 0 Å². The summed E-state index contributed by atoms with van der Waals surface area (Å²) < 4.78 is 32.8. The van der Waals surface area contributed by atoms with Gasteiger partial charge in [-0.2, -0.15) is 0 Å². The molecule has 9 nitrogen and oxygen atoms in total. The van der Waals surface area contributed by atoms with Gasteiger partial charge in [-0.1, -0.05) is 170 Å². The number of hydrogen-bond donors (Lipinski definition) is 2. The molecule has 0 amide bonds. The molecule has 2 unspecified atom stereocenters. The highest BCUT2D eigenvalue weighted by molar-refractivity contribution is 7.47. The predicted molar refractivity (Wildman–Crippen MR) is 247 cm³/mol. The molecule has 0 saturated heterocycles. The van der Waals surface area contributed by atoms with Crippen molar-refractivity contribution in [2.45, 2.75) is 187 Å². The lowest BCUT2D eigenvalue weighted by Crippen LogP contribution is -2.29. The van der Waals surface area contributed by atoms with E-state index in [1.54, 1.807) is 0 Å². The molecule has 2 atom stereocenters. The topological polar surface area (TPSA) is 134 Å². The molecule has 0 saturated carbocycles. The van der Waals surface area contributed by atoms with Crippen LogP contribution in [0.15, 0.2) is 85.1 Å². The second-order valence-corrected chi connectivity index (χ2v) is 16.3. The van der Waals surface area contributed by atoms with E-state index in [4.69, 9.17) is 24.3 Å². The molecule has 59 heavy (non-hydrogen) atoms. The van der Waals surface area contributed by atoms with Gasteiger partial charge in [-0.3, -0.25) is 18.6 Å². The third kappa shape index (κ3) is 44.6. The Kier molecular flexibility index (Phi) is 42.6. The molecule has 0 aromatic rings. The first-order valence-corrected chi connectivity index (χ1v) is 24.6. The van der Waals surface area contributed by atoms with E-state index in [0.717, 1.165) is 103 Å². The number of phosphoric ester groups is 1. The normalized spacial score (nSPS) is 14.0. The molecule has 10 heteroatoms. The van der Waals surface area contributed by atoms with Gasteiger partial charge in [0.15, 0.2) is 6.10 Å². The third-order valence-electron chi connectivity index (χ3n) is 9.25. The van der Waals surface area contributed by atoms with E-state index in [0.29, 0.717) is 12.8 Å². The highest BCUT2D eigenvalue weighted by Gasteiger charge is 2.26. The van der Waals surface area contributed by atoms with Crippen LogP contribution < -0.4 is 5.73 Å². The second-order valence-electron chi connectivity index (χ2n) is 14.9. The van der Waals surface area contributed by atoms with Crippen LogP contribution in [0.3, 0.4) is 0 Å². The van der Waals surface area contributed by atoms with E-state index in [1.165, 1.54) is 38.5 Å². The second kappa shape index (κ2) is 44.7. The van der Waals surface area contributed by atoms with Crippen molar-refractivity contribution in [3.8, 4) is 0 Å². The van der Waals surface area contributed by atoms with E-state index in [9.17, 15) is 19.0 Å². The van der Waals surface area contributed by atoms with E-state index < -0.39 is 32.5 Å². The number of rotatable bonds is 42. The summed E-state index contributed by atoms with van der Waals surface area (Å²) >= 11 is 0. The standard InChI is InChI=1S/C49H84NO8P/c1-3-5-7-9-11-13-15-17-18-19-20-21-22-23-24-25-26-27-28-30-32-34-36-38-40-42-49(52)58-47(46-57-59(53,54)56-44-43-50)45-55-48(51)41-39-37-35-33-31-29-16-14-12-10-8-6-4-2/h5,7-8,10-11,13-14,16-18,20-21,23-24,47H,3-4,6,9,12,15,19,22,25-46,50H2,1-2H3,(H,53,54)/b7-5-,10-8-,13-11-,16-14-,18-17-,21-20-,24-23-. The summed E-state index contributed by atoms with van der Waals surface area (Å²) in [5.41, 5.74) is 5.35. The first-order valence-electron chi connectivity index (χ1n) is 23.1. The first kappa shape index (κ1) is 56.2. The van der Waals surface area contributed by atoms with Crippen LogP contribution in [0, 0.1) is 0 Å². The number of carbonyl (C=O) groups is 2. The largest absolute Gasteiger partial charge is 0.472 e. The molecule has 0 heterocycles. The van der Waals surface area contributed by atoms with Gasteiger partial charge < -0.3 is 20.1 Å². The Morgan fingerprint density at radius 1 is 0.525 bits per heavy atom. The Morgan fingerprint density at radius 2 is 0.932 bits per heavy atom. The molecule has 0 radical (unpaired) electrons. The lowest BCUT2D eigenvalue weighted by atomic mass is 10.1. The summed E-state index contributed by atoms with van der Waals surface area (Å²) in [6, 6.07) is 0. The Labute approximate surface area is 360 Å². The number of hydrogen-bond acceptors (Lipinski definition) is 8. The Hall–Kier alpha value is -2.81. The fraction of sp³-hybridized carbons (Fsp3) is 0.673. The van der Waals surface area contributed by atoms with Crippen molar-refractivity contribution >= 4 is 19.8 Å². The molecule has 0 aliphatic heterocycles. The zero-order chi connectivity index (χ0) is 43.2. The van der Waals surface area contributed by atoms with Gasteiger partial charge in [0.25, 0.3) is 0 Å². The van der Waals surface area contributed by atoms with Crippen LogP contribution in [-0.4, -0.2) is 49.3 Å². The van der Waals surface area contributed by atoms with Gasteiger partial charge in [-0.15, -0.1) is 0 Å². The molecule has 3 N–H and O–H groups in total. The number of nitrogens with two attached hydrogens (primary N) is 1. The lowest BCUT2D eigenvalue weighted by Gasteiger charge is -2.19. The molecule has 338 valence electrons. The van der Waals surface area contributed by atoms with Crippen molar-refractivity contribution in [1.82, 2.24) is 0 Å². The summed E-state index contributed by atoms with van der Waals surface area (Å²) in [6.45, 7) is 3.52. The summed E-state index contributed by atoms with van der Waals surface area (Å²) in [5.74, 6) is -0.859. The molecule has 0 aliphatic carbocycles. The molecule has 0 rings (SSSR count). The van der Waals surface area contributed by atoms with E-state index >= 15 is 0 Å². The fourth-order valence-electron chi connectivity index (χ4n) is 5.87. The van der Waals surface area contributed by atoms with E-state index in [2.05, 4.69) is 98.9 Å². The molecular formula is C49H84NO8P. The molecule has 0 bridgehead atoms. The van der Waals surface area contributed by atoms with Gasteiger partial charge >= 0.3 is 19.8 Å². The average Bonchev–Trinajstić information content (AvgIpc) is 3.22. The third-order valence-corrected chi connectivity index (χ3v) is 10.2. The zero-order valence-corrected chi connectivity index (χ0v) is 38.1. The zero-order valence-electron chi connectivity index (χ0n) is 37.2. The maximum absolute atomic E-state index is 12.6. The summed E-state index contributed by atoms with van der Waals surface area (Å²) in [4.78, 5) is 34.9. The summed E-state index contributed by atoms with van der Waals surface area (Å²) in [5, 5.41) is 0. The predicted octanol–water partition coefficient (Wildman–Crippen LogP) is 13.6. The van der Waals surface area contributed by atoms with Gasteiger partial charge in [-0.05, 0) is 83.5 Å². The molecule has 0 aliphatic rings. The van der Waals surface area contributed by atoms with E-state index in [1.807, 2.05) is 0 Å². The number of ether oxygens (including phenoxy) is 2. The average molecular weight is 846 g/mol. The van der Waals surface area contributed by atoms with Crippen molar-refractivity contribution in [2.24, 2.45) is 5.73 Å². The minimum Gasteiger partial charge on any atom is -0.462 e. The highest BCUT2D eigenvalue weighted by Crippen LogP contribution is 2.43. The van der Waals surface area contributed by atoms with Crippen molar-refractivity contribution < 1.29 is 37.6 Å². The maximum atomic E-state index is 12.6. The van der Waals surface area contributed by atoms with Crippen LogP contribution >= 0.6 is 7.82 Å².